The zero-order valence-corrected chi connectivity index (χ0v) is 8.68. The smallest absolute Gasteiger partial charge is 0.155 e. The summed E-state index contributed by atoms with van der Waals surface area (Å²) in [5.41, 5.74) is 1.86. The minimum absolute atomic E-state index is 0.344. The Morgan fingerprint density at radius 3 is 2.67 bits per heavy atom. The average Bonchev–Trinajstić information content (AvgIpc) is 2.20. The van der Waals surface area contributed by atoms with Gasteiger partial charge in [0.1, 0.15) is 0 Å². The second-order valence-electron chi connectivity index (χ2n) is 3.13. The summed E-state index contributed by atoms with van der Waals surface area (Å²) in [5, 5.41) is 2.82. The predicted molar refractivity (Wildman–Crippen MR) is 64.1 cm³/mol. The number of benzene rings is 1. The first kappa shape index (κ1) is 11.2. The Labute approximate surface area is 88.9 Å². The van der Waals surface area contributed by atoms with Gasteiger partial charge in [0.05, 0.1) is 11.4 Å². The normalized spacial score (nSPS) is 9.47. The van der Waals surface area contributed by atoms with Gasteiger partial charge in [-0.05, 0) is 25.8 Å². The van der Waals surface area contributed by atoms with Crippen molar-refractivity contribution in [3.63, 3.8) is 0 Å². The van der Waals surface area contributed by atoms with Crippen molar-refractivity contribution in [1.29, 1.82) is 0 Å². The van der Waals surface area contributed by atoms with Gasteiger partial charge in [0.25, 0.3) is 0 Å². The van der Waals surface area contributed by atoms with E-state index in [2.05, 4.69) is 30.2 Å². The highest BCUT2D eigenvalue weighted by atomic mass is 19.1. The zero-order chi connectivity index (χ0) is 11.4. The SMILES string of the molecule is C=Cc1c(N=C)ccc(NC(=C)C)c1F. The van der Waals surface area contributed by atoms with E-state index in [-0.39, 0.29) is 0 Å². The molecule has 2 nitrogen and oxygen atoms in total. The van der Waals surface area contributed by atoms with Gasteiger partial charge in [-0.3, -0.25) is 4.99 Å². The number of aliphatic imine (C=N–C) groups is 1. The summed E-state index contributed by atoms with van der Waals surface area (Å²) >= 11 is 0. The number of nitrogens with one attached hydrogen (secondary N) is 1. The summed E-state index contributed by atoms with van der Waals surface area (Å²) in [5.74, 6) is -0.391. The lowest BCUT2D eigenvalue weighted by atomic mass is 10.1. The van der Waals surface area contributed by atoms with Crippen molar-refractivity contribution in [3.05, 3.63) is 42.4 Å². The minimum Gasteiger partial charge on any atom is -0.357 e. The molecule has 15 heavy (non-hydrogen) atoms. The molecule has 1 aromatic carbocycles. The van der Waals surface area contributed by atoms with Crippen LogP contribution in [0, 0.1) is 5.82 Å². The summed E-state index contributed by atoms with van der Waals surface area (Å²) < 4.78 is 13.8. The highest BCUT2D eigenvalue weighted by molar-refractivity contribution is 5.71. The van der Waals surface area contributed by atoms with E-state index in [0.29, 0.717) is 22.6 Å². The van der Waals surface area contributed by atoms with Crippen molar-refractivity contribution in [2.45, 2.75) is 6.92 Å². The van der Waals surface area contributed by atoms with E-state index in [9.17, 15) is 4.39 Å². The van der Waals surface area contributed by atoms with Gasteiger partial charge >= 0.3 is 0 Å². The summed E-state index contributed by atoms with van der Waals surface area (Å²) in [7, 11) is 0. The van der Waals surface area contributed by atoms with Gasteiger partial charge in [0.2, 0.25) is 0 Å². The lowest BCUT2D eigenvalue weighted by Gasteiger charge is -2.10. The lowest BCUT2D eigenvalue weighted by molar-refractivity contribution is 0.629. The molecule has 0 spiro atoms. The Morgan fingerprint density at radius 1 is 1.53 bits per heavy atom. The van der Waals surface area contributed by atoms with Crippen molar-refractivity contribution in [2.24, 2.45) is 4.99 Å². The van der Waals surface area contributed by atoms with Crippen LogP contribution in [-0.2, 0) is 0 Å². The van der Waals surface area contributed by atoms with E-state index >= 15 is 0 Å². The Hall–Kier alpha value is -1.90. The summed E-state index contributed by atoms with van der Waals surface area (Å²) in [6, 6.07) is 3.28. The van der Waals surface area contributed by atoms with Gasteiger partial charge in [-0.1, -0.05) is 19.2 Å². The fourth-order valence-corrected chi connectivity index (χ4v) is 1.24. The number of nitrogens with zero attached hydrogens (tertiary/aromatic N) is 1. The molecule has 0 aromatic heterocycles. The summed E-state index contributed by atoms with van der Waals surface area (Å²) in [6.07, 6.45) is 1.42. The summed E-state index contributed by atoms with van der Waals surface area (Å²) in [4.78, 5) is 3.71. The number of rotatable bonds is 4. The van der Waals surface area contributed by atoms with Gasteiger partial charge in [-0.15, -0.1) is 0 Å². The van der Waals surface area contributed by atoms with E-state index < -0.39 is 5.82 Å². The molecule has 1 aromatic rings. The molecular weight excluding hydrogens is 191 g/mol. The van der Waals surface area contributed by atoms with Gasteiger partial charge in [0.15, 0.2) is 5.82 Å². The maximum Gasteiger partial charge on any atom is 0.155 e. The molecule has 0 bridgehead atoms. The van der Waals surface area contributed by atoms with Gasteiger partial charge in [-0.25, -0.2) is 4.39 Å². The molecule has 0 aliphatic heterocycles. The van der Waals surface area contributed by atoms with Crippen LogP contribution >= 0.6 is 0 Å². The quantitative estimate of drug-likeness (QED) is 0.742. The molecule has 0 aliphatic rings. The highest BCUT2D eigenvalue weighted by Crippen LogP contribution is 2.28. The molecule has 78 valence electrons. The van der Waals surface area contributed by atoms with Crippen LogP contribution in [0.5, 0.6) is 0 Å². The topological polar surface area (TPSA) is 24.4 Å². The maximum atomic E-state index is 13.8. The molecule has 0 fully saturated rings. The minimum atomic E-state index is -0.391. The third-order valence-electron chi connectivity index (χ3n) is 1.88. The number of allylic oxidation sites excluding steroid dienone is 1. The number of halogens is 1. The van der Waals surface area contributed by atoms with Crippen LogP contribution in [0.2, 0.25) is 0 Å². The third-order valence-corrected chi connectivity index (χ3v) is 1.88. The molecule has 0 heterocycles. The van der Waals surface area contributed by atoms with Crippen molar-refractivity contribution in [2.75, 3.05) is 5.32 Å². The first-order valence-electron chi connectivity index (χ1n) is 4.44. The maximum absolute atomic E-state index is 13.8. The van der Waals surface area contributed by atoms with Crippen molar-refractivity contribution in [1.82, 2.24) is 0 Å². The van der Waals surface area contributed by atoms with Crippen LogP contribution in [-0.4, -0.2) is 6.72 Å². The fourth-order valence-electron chi connectivity index (χ4n) is 1.24. The standard InChI is InChI=1S/C12H13FN2/c1-5-9-10(14-4)6-7-11(12(9)13)15-8(2)3/h5-7,15H,1-2,4H2,3H3. The Kier molecular flexibility index (Phi) is 3.39. The van der Waals surface area contributed by atoms with Crippen molar-refractivity contribution < 1.29 is 4.39 Å². The van der Waals surface area contributed by atoms with E-state index in [1.807, 2.05) is 0 Å². The highest BCUT2D eigenvalue weighted by Gasteiger charge is 2.09. The second-order valence-corrected chi connectivity index (χ2v) is 3.13. The van der Waals surface area contributed by atoms with Crippen LogP contribution in [0.1, 0.15) is 12.5 Å². The molecule has 3 heteroatoms. The molecule has 0 saturated heterocycles. The molecule has 0 saturated carbocycles. The molecular formula is C12H13FN2. The van der Waals surface area contributed by atoms with E-state index in [0.717, 1.165) is 0 Å². The summed E-state index contributed by atoms with van der Waals surface area (Å²) in [6.45, 7) is 12.3. The molecule has 0 atom stereocenters. The van der Waals surface area contributed by atoms with Gasteiger partial charge in [0, 0.05) is 11.3 Å². The zero-order valence-electron chi connectivity index (χ0n) is 8.68. The predicted octanol–water partition coefficient (Wildman–Crippen LogP) is 3.75. The third kappa shape index (κ3) is 2.31. The van der Waals surface area contributed by atoms with Crippen LogP contribution in [0.15, 0.2) is 36.0 Å². The Bertz CT molecular complexity index is 422. The molecule has 1 N–H and O–H groups in total. The monoisotopic (exact) mass is 204 g/mol. The molecule has 1 rings (SSSR count). The molecule has 0 aliphatic carbocycles. The van der Waals surface area contributed by atoms with Crippen LogP contribution < -0.4 is 5.32 Å². The van der Waals surface area contributed by atoms with Crippen LogP contribution in [0.25, 0.3) is 6.08 Å². The van der Waals surface area contributed by atoms with Crippen LogP contribution in [0.4, 0.5) is 15.8 Å². The number of anilines is 1. The van der Waals surface area contributed by atoms with Gasteiger partial charge < -0.3 is 5.32 Å². The first-order valence-corrected chi connectivity index (χ1v) is 4.44. The largest absolute Gasteiger partial charge is 0.357 e. The lowest BCUT2D eigenvalue weighted by Crippen LogP contribution is -1.98. The Morgan fingerprint density at radius 2 is 2.20 bits per heavy atom. The molecule has 0 amide bonds. The molecule has 0 unspecified atom stereocenters. The Balaban J connectivity index is 3.28. The van der Waals surface area contributed by atoms with E-state index in [1.165, 1.54) is 6.08 Å². The fraction of sp³-hybridized carbons (Fsp3) is 0.0833. The van der Waals surface area contributed by atoms with Crippen molar-refractivity contribution >= 4 is 24.2 Å². The van der Waals surface area contributed by atoms with E-state index in [1.54, 1.807) is 19.1 Å². The van der Waals surface area contributed by atoms with Crippen molar-refractivity contribution in [3.8, 4) is 0 Å². The number of hydrogen-bond donors (Lipinski definition) is 1. The first-order chi connectivity index (χ1) is 7.10. The van der Waals surface area contributed by atoms with Crippen LogP contribution in [0.3, 0.4) is 0 Å². The second kappa shape index (κ2) is 4.55. The number of hydrogen-bond acceptors (Lipinski definition) is 2. The van der Waals surface area contributed by atoms with E-state index in [4.69, 9.17) is 0 Å². The van der Waals surface area contributed by atoms with Gasteiger partial charge in [-0.2, -0.15) is 0 Å². The average molecular weight is 204 g/mol. The molecule has 0 radical (unpaired) electrons.